The van der Waals surface area contributed by atoms with Gasteiger partial charge < -0.3 is 0 Å². The Labute approximate surface area is 40.2 Å². The molecule has 0 unspecified atom stereocenters. The predicted molar refractivity (Wildman–Crippen MR) is 27.0 cm³/mol. The number of hydrogen-bond donors (Lipinski definition) is 1. The van der Waals surface area contributed by atoms with Crippen LogP contribution in [-0.2, 0) is 0 Å². The fraction of sp³-hybridized carbons (Fsp3) is 0.500. The summed E-state index contributed by atoms with van der Waals surface area (Å²) in [5.74, 6) is 5.94. The van der Waals surface area contributed by atoms with Crippen LogP contribution in [0.4, 0.5) is 0 Å². The van der Waals surface area contributed by atoms with Crippen molar-refractivity contribution in [1.29, 1.82) is 0 Å². The van der Waals surface area contributed by atoms with Crippen molar-refractivity contribution in [2.75, 3.05) is 5.88 Å². The maximum atomic E-state index is 5.15. The minimum atomic E-state index is 0.792. The number of nitrogens with zero attached hydrogens (tertiary/aromatic N) is 2. The summed E-state index contributed by atoms with van der Waals surface area (Å²) in [6, 6.07) is 0. The Balaban J connectivity index is 2.38. The van der Waals surface area contributed by atoms with E-state index in [0.29, 0.717) is 0 Å². The van der Waals surface area contributed by atoms with E-state index in [1.165, 1.54) is 5.12 Å². The zero-order valence-corrected chi connectivity index (χ0v) is 3.98. The van der Waals surface area contributed by atoms with Gasteiger partial charge in [-0.25, -0.2) is 11.0 Å². The van der Waals surface area contributed by atoms with Crippen molar-refractivity contribution >= 4 is 17.3 Å². The molecule has 0 fully saturated rings. The highest BCUT2D eigenvalue weighted by Gasteiger charge is 1.95. The molecular weight excluding hydrogens is 98.1 g/mol. The van der Waals surface area contributed by atoms with Gasteiger partial charge in [-0.15, -0.1) is 0 Å². The molecule has 0 atom stereocenters. The van der Waals surface area contributed by atoms with Crippen LogP contribution in [0.2, 0.25) is 0 Å². The molecule has 0 saturated carbocycles. The van der Waals surface area contributed by atoms with E-state index in [2.05, 4.69) is 5.10 Å². The maximum Gasteiger partial charge on any atom is 0.104 e. The van der Waals surface area contributed by atoms with Crippen LogP contribution in [0, 0.1) is 0 Å². The highest BCUT2D eigenvalue weighted by Crippen LogP contribution is 2.02. The molecule has 2 N–H and O–H groups in total. The quantitative estimate of drug-likeness (QED) is 0.432. The molecule has 6 heavy (non-hydrogen) atoms. The molecule has 1 heterocycles. The molecule has 0 radical (unpaired) electrons. The SMILES string of the molecule is NN1CSC=N1. The molecule has 1 rings (SSSR count). The fourth-order valence-electron chi connectivity index (χ4n) is 0.237. The van der Waals surface area contributed by atoms with Gasteiger partial charge in [0.15, 0.2) is 0 Å². The van der Waals surface area contributed by atoms with Gasteiger partial charge >= 0.3 is 0 Å². The summed E-state index contributed by atoms with van der Waals surface area (Å²) in [5.41, 5.74) is 1.72. The average molecular weight is 103 g/mol. The first-order valence-corrected chi connectivity index (χ1v) is 2.61. The topological polar surface area (TPSA) is 41.6 Å². The number of rotatable bonds is 0. The number of hydrogen-bond acceptors (Lipinski definition) is 4. The molecule has 0 aliphatic carbocycles. The zero-order chi connectivity index (χ0) is 4.41. The Morgan fingerprint density at radius 1 is 2.00 bits per heavy atom. The van der Waals surface area contributed by atoms with Crippen molar-refractivity contribution in [3.8, 4) is 0 Å². The molecule has 4 heteroatoms. The summed E-state index contributed by atoms with van der Waals surface area (Å²) in [6.07, 6.45) is 0. The second kappa shape index (κ2) is 1.49. The minimum absolute atomic E-state index is 0.792. The minimum Gasteiger partial charge on any atom is -0.230 e. The van der Waals surface area contributed by atoms with Crippen LogP contribution in [0.25, 0.3) is 0 Å². The molecule has 3 nitrogen and oxygen atoms in total. The van der Waals surface area contributed by atoms with Gasteiger partial charge in [0.1, 0.15) is 5.88 Å². The first kappa shape index (κ1) is 3.95. The van der Waals surface area contributed by atoms with Gasteiger partial charge in [-0.1, -0.05) is 11.8 Å². The maximum absolute atomic E-state index is 5.15. The summed E-state index contributed by atoms with van der Waals surface area (Å²) in [6.45, 7) is 0. The van der Waals surface area contributed by atoms with Crippen LogP contribution < -0.4 is 5.84 Å². The van der Waals surface area contributed by atoms with Crippen molar-refractivity contribution in [2.24, 2.45) is 10.9 Å². The summed E-state index contributed by atoms with van der Waals surface area (Å²) in [7, 11) is 0. The molecule has 0 aromatic rings. The van der Waals surface area contributed by atoms with E-state index in [-0.39, 0.29) is 0 Å². The highest BCUT2D eigenvalue weighted by atomic mass is 32.2. The molecule has 0 spiro atoms. The van der Waals surface area contributed by atoms with E-state index < -0.39 is 0 Å². The number of hydrazone groups is 1. The Hall–Kier alpha value is -0.220. The van der Waals surface area contributed by atoms with E-state index in [0.717, 1.165) is 5.88 Å². The van der Waals surface area contributed by atoms with Crippen LogP contribution in [0.1, 0.15) is 0 Å². The highest BCUT2D eigenvalue weighted by molar-refractivity contribution is 8.12. The standard InChI is InChI=1S/C2H5N3S/c3-5-2-6-1-4-5/h1H,2-3H2. The molecule has 0 aromatic heterocycles. The number of hydrazine groups is 1. The van der Waals surface area contributed by atoms with Crippen molar-refractivity contribution in [3.05, 3.63) is 0 Å². The van der Waals surface area contributed by atoms with Gasteiger partial charge in [0.25, 0.3) is 0 Å². The summed E-state index contributed by atoms with van der Waals surface area (Å²) >= 11 is 1.59. The van der Waals surface area contributed by atoms with Crippen LogP contribution in [0.5, 0.6) is 0 Å². The van der Waals surface area contributed by atoms with Crippen molar-refractivity contribution in [3.63, 3.8) is 0 Å². The lowest BCUT2D eigenvalue weighted by atomic mass is 11.4. The molecular formula is C2H5N3S. The Kier molecular flexibility index (Phi) is 0.979. The van der Waals surface area contributed by atoms with E-state index in [9.17, 15) is 0 Å². The molecule has 0 aromatic carbocycles. The average Bonchev–Trinajstić information content (AvgIpc) is 1.86. The lowest BCUT2D eigenvalue weighted by molar-refractivity contribution is 0.365. The Morgan fingerprint density at radius 3 is 3.00 bits per heavy atom. The van der Waals surface area contributed by atoms with E-state index in [1.54, 1.807) is 17.3 Å². The molecule has 1 aliphatic rings. The van der Waals surface area contributed by atoms with Crippen molar-refractivity contribution < 1.29 is 0 Å². The second-order valence-corrected chi connectivity index (χ2v) is 1.76. The summed E-state index contributed by atoms with van der Waals surface area (Å²) in [4.78, 5) is 0. The third-order valence-corrected chi connectivity index (χ3v) is 1.13. The number of nitrogens with two attached hydrogens (primary N) is 1. The van der Waals surface area contributed by atoms with Crippen LogP contribution in [-0.4, -0.2) is 16.5 Å². The third-order valence-electron chi connectivity index (χ3n) is 0.477. The smallest absolute Gasteiger partial charge is 0.104 e. The Morgan fingerprint density at radius 2 is 2.83 bits per heavy atom. The largest absolute Gasteiger partial charge is 0.230 e. The van der Waals surface area contributed by atoms with Gasteiger partial charge in [-0.05, 0) is 0 Å². The first-order valence-electron chi connectivity index (χ1n) is 1.56. The normalized spacial score (nSPS) is 19.8. The van der Waals surface area contributed by atoms with Gasteiger partial charge in [0.2, 0.25) is 0 Å². The number of thioether (sulfide) groups is 1. The molecule has 0 bridgehead atoms. The van der Waals surface area contributed by atoms with E-state index in [4.69, 9.17) is 5.84 Å². The molecule has 0 saturated heterocycles. The zero-order valence-electron chi connectivity index (χ0n) is 3.16. The van der Waals surface area contributed by atoms with Crippen molar-refractivity contribution in [2.45, 2.75) is 0 Å². The lowest BCUT2D eigenvalue weighted by Gasteiger charge is -1.98. The third kappa shape index (κ3) is 0.636. The van der Waals surface area contributed by atoms with Crippen LogP contribution in [0.15, 0.2) is 5.10 Å². The van der Waals surface area contributed by atoms with E-state index >= 15 is 0 Å². The molecule has 0 amide bonds. The van der Waals surface area contributed by atoms with Crippen LogP contribution >= 0.6 is 11.8 Å². The first-order chi connectivity index (χ1) is 2.89. The molecule has 1 aliphatic heterocycles. The van der Waals surface area contributed by atoms with Gasteiger partial charge in [0, 0.05) is 0 Å². The van der Waals surface area contributed by atoms with Gasteiger partial charge in [-0.2, -0.15) is 5.10 Å². The fourth-order valence-corrected chi connectivity index (χ4v) is 0.711. The lowest BCUT2D eigenvalue weighted by Crippen LogP contribution is -2.20. The Bertz CT molecular complexity index is 71.2. The van der Waals surface area contributed by atoms with Crippen LogP contribution in [0.3, 0.4) is 0 Å². The summed E-state index contributed by atoms with van der Waals surface area (Å²) < 4.78 is 0. The summed E-state index contributed by atoms with van der Waals surface area (Å²) in [5, 5.41) is 5.08. The predicted octanol–water partition coefficient (Wildman–Crippen LogP) is -0.190. The van der Waals surface area contributed by atoms with Gasteiger partial charge in [0.05, 0.1) is 5.55 Å². The second-order valence-electron chi connectivity index (χ2n) is 0.956. The van der Waals surface area contributed by atoms with Gasteiger partial charge in [-0.3, -0.25) is 0 Å². The van der Waals surface area contributed by atoms with Crippen molar-refractivity contribution in [1.82, 2.24) is 5.12 Å². The molecule has 34 valence electrons. The van der Waals surface area contributed by atoms with E-state index in [1.807, 2.05) is 0 Å². The monoisotopic (exact) mass is 103 g/mol.